The number of nitrogens with zero attached hydrogens (tertiary/aromatic N) is 5. The van der Waals surface area contributed by atoms with E-state index in [4.69, 9.17) is 0 Å². The maximum absolute atomic E-state index is 12.3. The largest absolute Gasteiger partial charge is 0.318 e. The molecule has 0 atom stereocenters. The van der Waals surface area contributed by atoms with Crippen LogP contribution in [0.2, 0.25) is 0 Å². The van der Waals surface area contributed by atoms with Gasteiger partial charge in [-0.05, 0) is 32.0 Å². The van der Waals surface area contributed by atoms with Gasteiger partial charge in [0.05, 0.1) is 5.69 Å². The van der Waals surface area contributed by atoms with E-state index < -0.39 is 5.91 Å². The molecule has 8 nitrogen and oxygen atoms in total. The third-order valence-electron chi connectivity index (χ3n) is 3.49. The van der Waals surface area contributed by atoms with Gasteiger partial charge in [0.1, 0.15) is 17.7 Å². The molecule has 3 heterocycles. The first-order valence-corrected chi connectivity index (χ1v) is 7.28. The molecule has 3 aromatic rings. The van der Waals surface area contributed by atoms with E-state index in [1.807, 2.05) is 19.9 Å². The Morgan fingerprint density at radius 3 is 2.71 bits per heavy atom. The van der Waals surface area contributed by atoms with E-state index in [-0.39, 0.29) is 11.1 Å². The summed E-state index contributed by atoms with van der Waals surface area (Å²) in [5.74, 6) is 0.310. The van der Waals surface area contributed by atoms with Crippen LogP contribution in [0.25, 0.3) is 5.82 Å². The van der Waals surface area contributed by atoms with Gasteiger partial charge in [-0.25, -0.2) is 14.6 Å². The first kappa shape index (κ1) is 15.6. The van der Waals surface area contributed by atoms with Crippen molar-refractivity contribution >= 4 is 11.7 Å². The summed E-state index contributed by atoms with van der Waals surface area (Å²) < 4.78 is 3.00. The van der Waals surface area contributed by atoms with Crippen LogP contribution in [0.4, 0.5) is 5.82 Å². The standard InChI is InChI=1S/C16H16N6O2/c1-10-7-11(2)22(20-10)14-8-13(17-9-18-14)19-15(23)12-5-4-6-21(3)16(12)24/h4-9H,1-3H3,(H,17,18,19,23). The van der Waals surface area contributed by atoms with Crippen LogP contribution in [-0.2, 0) is 7.05 Å². The Kier molecular flexibility index (Phi) is 3.95. The molecule has 8 heteroatoms. The van der Waals surface area contributed by atoms with E-state index in [0.717, 1.165) is 11.4 Å². The summed E-state index contributed by atoms with van der Waals surface area (Å²) in [6.45, 7) is 3.80. The molecule has 0 unspecified atom stereocenters. The predicted octanol–water partition coefficient (Wildman–Crippen LogP) is 1.23. The van der Waals surface area contributed by atoms with Crippen molar-refractivity contribution in [2.75, 3.05) is 5.32 Å². The monoisotopic (exact) mass is 324 g/mol. The quantitative estimate of drug-likeness (QED) is 0.782. The van der Waals surface area contributed by atoms with Gasteiger partial charge in [-0.3, -0.25) is 9.59 Å². The van der Waals surface area contributed by atoms with E-state index in [2.05, 4.69) is 20.4 Å². The van der Waals surface area contributed by atoms with E-state index in [0.29, 0.717) is 11.6 Å². The van der Waals surface area contributed by atoms with Crippen molar-refractivity contribution in [3.05, 3.63) is 64.1 Å². The second kappa shape index (κ2) is 6.07. The van der Waals surface area contributed by atoms with Crippen LogP contribution in [0, 0.1) is 13.8 Å². The molecule has 0 saturated heterocycles. The second-order valence-corrected chi connectivity index (χ2v) is 5.39. The summed E-state index contributed by atoms with van der Waals surface area (Å²) in [5, 5.41) is 6.96. The van der Waals surface area contributed by atoms with Crippen LogP contribution in [0.15, 0.2) is 41.6 Å². The molecule has 0 saturated carbocycles. The number of anilines is 1. The molecule has 3 aromatic heterocycles. The van der Waals surface area contributed by atoms with Gasteiger partial charge in [-0.2, -0.15) is 5.10 Å². The predicted molar refractivity (Wildman–Crippen MR) is 88.3 cm³/mol. The Bertz CT molecular complexity index is 973. The molecule has 24 heavy (non-hydrogen) atoms. The first-order valence-electron chi connectivity index (χ1n) is 7.28. The first-order chi connectivity index (χ1) is 11.5. The topological polar surface area (TPSA) is 94.7 Å². The normalized spacial score (nSPS) is 10.6. The number of hydrogen-bond donors (Lipinski definition) is 1. The van der Waals surface area contributed by atoms with Crippen molar-refractivity contribution < 1.29 is 4.79 Å². The minimum Gasteiger partial charge on any atom is -0.318 e. The van der Waals surface area contributed by atoms with Crippen molar-refractivity contribution in [3.8, 4) is 5.82 Å². The van der Waals surface area contributed by atoms with Crippen LogP contribution in [0.5, 0.6) is 0 Å². The number of rotatable bonds is 3. The van der Waals surface area contributed by atoms with Crippen molar-refractivity contribution in [2.45, 2.75) is 13.8 Å². The highest BCUT2D eigenvalue weighted by Gasteiger charge is 2.13. The Balaban J connectivity index is 1.90. The molecule has 1 amide bonds. The fraction of sp³-hybridized carbons (Fsp3) is 0.188. The van der Waals surface area contributed by atoms with Gasteiger partial charge in [0.25, 0.3) is 11.5 Å². The molecular weight excluding hydrogens is 308 g/mol. The van der Waals surface area contributed by atoms with Gasteiger partial charge in [0, 0.05) is 25.0 Å². The fourth-order valence-electron chi connectivity index (χ4n) is 2.35. The van der Waals surface area contributed by atoms with E-state index in [1.165, 1.54) is 17.0 Å². The highest BCUT2D eigenvalue weighted by molar-refractivity contribution is 6.03. The third kappa shape index (κ3) is 2.94. The van der Waals surface area contributed by atoms with Gasteiger partial charge < -0.3 is 9.88 Å². The fourth-order valence-corrected chi connectivity index (χ4v) is 2.35. The zero-order valence-corrected chi connectivity index (χ0v) is 13.5. The number of amides is 1. The highest BCUT2D eigenvalue weighted by atomic mass is 16.2. The summed E-state index contributed by atoms with van der Waals surface area (Å²) in [5.41, 5.74) is 1.46. The van der Waals surface area contributed by atoms with Crippen molar-refractivity contribution in [3.63, 3.8) is 0 Å². The number of nitrogens with one attached hydrogen (secondary N) is 1. The summed E-state index contributed by atoms with van der Waals surface area (Å²) >= 11 is 0. The van der Waals surface area contributed by atoms with Crippen molar-refractivity contribution in [2.24, 2.45) is 7.05 Å². The maximum Gasteiger partial charge on any atom is 0.263 e. The number of carbonyl (C=O) groups excluding carboxylic acids is 1. The number of pyridine rings is 1. The molecule has 0 aliphatic carbocycles. The Hall–Kier alpha value is -3.29. The number of aromatic nitrogens is 5. The molecule has 0 aromatic carbocycles. The van der Waals surface area contributed by atoms with Gasteiger partial charge >= 0.3 is 0 Å². The average Bonchev–Trinajstić information content (AvgIpc) is 2.89. The van der Waals surface area contributed by atoms with Gasteiger partial charge in [-0.1, -0.05) is 0 Å². The van der Waals surface area contributed by atoms with Crippen molar-refractivity contribution in [1.82, 2.24) is 24.3 Å². The van der Waals surface area contributed by atoms with Crippen LogP contribution in [-0.4, -0.2) is 30.2 Å². The molecule has 0 spiro atoms. The summed E-state index contributed by atoms with van der Waals surface area (Å²) in [6.07, 6.45) is 2.93. The minimum absolute atomic E-state index is 0.0475. The average molecular weight is 324 g/mol. The second-order valence-electron chi connectivity index (χ2n) is 5.39. The zero-order chi connectivity index (χ0) is 17.3. The number of hydrogen-bond acceptors (Lipinski definition) is 5. The molecular formula is C16H16N6O2. The van der Waals surface area contributed by atoms with Crippen LogP contribution >= 0.6 is 0 Å². The van der Waals surface area contributed by atoms with Crippen LogP contribution in [0.1, 0.15) is 21.7 Å². The molecule has 122 valence electrons. The SMILES string of the molecule is Cc1cc(C)n(-c2cc(NC(=O)c3cccn(C)c3=O)ncn2)n1. The smallest absolute Gasteiger partial charge is 0.263 e. The lowest BCUT2D eigenvalue weighted by Gasteiger charge is -2.07. The molecule has 0 radical (unpaired) electrons. The lowest BCUT2D eigenvalue weighted by molar-refractivity contribution is 0.102. The summed E-state index contributed by atoms with van der Waals surface area (Å²) in [4.78, 5) is 32.5. The molecule has 1 N–H and O–H groups in total. The minimum atomic E-state index is -0.519. The van der Waals surface area contributed by atoms with Gasteiger partial charge in [-0.15, -0.1) is 0 Å². The lowest BCUT2D eigenvalue weighted by atomic mass is 10.2. The number of aryl methyl sites for hydroxylation is 3. The molecule has 0 bridgehead atoms. The van der Waals surface area contributed by atoms with E-state index in [9.17, 15) is 9.59 Å². The Morgan fingerprint density at radius 2 is 2.00 bits per heavy atom. The summed E-state index contributed by atoms with van der Waals surface area (Å²) in [7, 11) is 1.59. The Labute approximate surface area is 137 Å². The van der Waals surface area contributed by atoms with E-state index in [1.54, 1.807) is 30.1 Å². The van der Waals surface area contributed by atoms with Crippen molar-refractivity contribution in [1.29, 1.82) is 0 Å². The molecule has 0 aliphatic heterocycles. The van der Waals surface area contributed by atoms with Gasteiger partial charge in [0.2, 0.25) is 0 Å². The summed E-state index contributed by atoms with van der Waals surface area (Å²) in [6, 6.07) is 6.64. The Morgan fingerprint density at radius 1 is 1.21 bits per heavy atom. The van der Waals surface area contributed by atoms with E-state index >= 15 is 0 Å². The maximum atomic E-state index is 12.3. The molecule has 3 rings (SSSR count). The third-order valence-corrected chi connectivity index (χ3v) is 3.49. The highest BCUT2D eigenvalue weighted by Crippen LogP contribution is 2.12. The molecule has 0 aliphatic rings. The molecule has 0 fully saturated rings. The lowest BCUT2D eigenvalue weighted by Crippen LogP contribution is -2.27. The zero-order valence-electron chi connectivity index (χ0n) is 13.5. The van der Waals surface area contributed by atoms with Gasteiger partial charge in [0.15, 0.2) is 5.82 Å². The van der Waals surface area contributed by atoms with Crippen LogP contribution in [0.3, 0.4) is 0 Å². The number of carbonyl (C=O) groups is 1. The van der Waals surface area contributed by atoms with Crippen LogP contribution < -0.4 is 10.9 Å².